The molecule has 2 aromatic rings. The van der Waals surface area contributed by atoms with Crippen molar-refractivity contribution in [1.29, 1.82) is 0 Å². The molecule has 0 saturated carbocycles. The van der Waals surface area contributed by atoms with E-state index in [0.29, 0.717) is 5.75 Å². The molecule has 0 fully saturated rings. The van der Waals surface area contributed by atoms with E-state index in [-0.39, 0.29) is 19.0 Å². The van der Waals surface area contributed by atoms with Gasteiger partial charge >= 0.3 is 5.97 Å². The first kappa shape index (κ1) is 19.4. The quantitative estimate of drug-likeness (QED) is 0.772. The molecule has 6 heteroatoms. The van der Waals surface area contributed by atoms with Gasteiger partial charge in [0.15, 0.2) is 13.2 Å². The maximum absolute atomic E-state index is 12.8. The first-order chi connectivity index (χ1) is 12.3. The topological polar surface area (TPSA) is 64.6 Å². The predicted molar refractivity (Wildman–Crippen MR) is 95.4 cm³/mol. The smallest absolute Gasteiger partial charge is 0.344 e. The molecule has 0 atom stereocenters. The van der Waals surface area contributed by atoms with Crippen LogP contribution in [0.2, 0.25) is 0 Å². The highest BCUT2D eigenvalue weighted by atomic mass is 19.1. The van der Waals surface area contributed by atoms with Gasteiger partial charge in [0.2, 0.25) is 0 Å². The Bertz CT molecular complexity index is 764. The lowest BCUT2D eigenvalue weighted by molar-refractivity contribution is -0.150. The van der Waals surface area contributed by atoms with Gasteiger partial charge in [-0.2, -0.15) is 0 Å². The van der Waals surface area contributed by atoms with E-state index in [0.717, 1.165) is 22.3 Å². The Labute approximate surface area is 152 Å². The summed E-state index contributed by atoms with van der Waals surface area (Å²) in [5, 5.41) is 2.59. The summed E-state index contributed by atoms with van der Waals surface area (Å²) in [5.74, 6) is -0.756. The van der Waals surface area contributed by atoms with E-state index in [1.165, 1.54) is 12.1 Å². The molecule has 0 saturated heterocycles. The van der Waals surface area contributed by atoms with Gasteiger partial charge in [0.05, 0.1) is 0 Å². The van der Waals surface area contributed by atoms with Crippen LogP contribution in [0.1, 0.15) is 22.3 Å². The molecular formula is C20H22FNO4. The van der Waals surface area contributed by atoms with Crippen molar-refractivity contribution in [1.82, 2.24) is 5.32 Å². The largest absolute Gasteiger partial charge is 0.481 e. The highest BCUT2D eigenvalue weighted by molar-refractivity contribution is 5.80. The van der Waals surface area contributed by atoms with Crippen molar-refractivity contribution in [3.05, 3.63) is 64.5 Å². The van der Waals surface area contributed by atoms with Crippen molar-refractivity contribution in [2.45, 2.75) is 27.3 Å². The van der Waals surface area contributed by atoms with Crippen LogP contribution in [0.25, 0.3) is 0 Å². The third-order valence-electron chi connectivity index (χ3n) is 3.71. The van der Waals surface area contributed by atoms with Crippen molar-refractivity contribution in [3.8, 4) is 5.75 Å². The molecule has 0 aliphatic rings. The molecule has 1 N–H and O–H groups in total. The van der Waals surface area contributed by atoms with E-state index in [1.807, 2.05) is 32.9 Å². The van der Waals surface area contributed by atoms with E-state index < -0.39 is 18.5 Å². The molecule has 0 aliphatic heterocycles. The number of halogens is 1. The monoisotopic (exact) mass is 359 g/mol. The van der Waals surface area contributed by atoms with Crippen LogP contribution >= 0.6 is 0 Å². The van der Waals surface area contributed by atoms with Gasteiger partial charge in [0, 0.05) is 6.54 Å². The molecule has 26 heavy (non-hydrogen) atoms. The van der Waals surface area contributed by atoms with Crippen LogP contribution in [0.15, 0.2) is 36.4 Å². The fourth-order valence-corrected chi connectivity index (χ4v) is 2.57. The Hall–Kier alpha value is -2.89. The first-order valence-electron chi connectivity index (χ1n) is 8.22. The van der Waals surface area contributed by atoms with Crippen LogP contribution in [0.3, 0.4) is 0 Å². The number of carbonyl (C=O) groups is 2. The summed E-state index contributed by atoms with van der Waals surface area (Å²) in [6.07, 6.45) is 0. The number of hydrogen-bond acceptors (Lipinski definition) is 4. The fourth-order valence-electron chi connectivity index (χ4n) is 2.57. The van der Waals surface area contributed by atoms with Crippen LogP contribution in [0, 0.1) is 26.6 Å². The summed E-state index contributed by atoms with van der Waals surface area (Å²) >= 11 is 0. The van der Waals surface area contributed by atoms with Gasteiger partial charge < -0.3 is 14.8 Å². The minimum absolute atomic E-state index is 0.231. The molecule has 138 valence electrons. The SMILES string of the molecule is Cc1cc(C)c(OCC(=O)OCC(=O)NCc2ccc(F)cc2)c(C)c1. The average Bonchev–Trinajstić information content (AvgIpc) is 2.58. The lowest BCUT2D eigenvalue weighted by atomic mass is 10.1. The zero-order valence-electron chi connectivity index (χ0n) is 15.1. The van der Waals surface area contributed by atoms with Crippen LogP contribution in [0.5, 0.6) is 5.75 Å². The van der Waals surface area contributed by atoms with Gasteiger partial charge in [-0.05, 0) is 49.6 Å². The van der Waals surface area contributed by atoms with E-state index in [4.69, 9.17) is 9.47 Å². The molecule has 1 amide bonds. The minimum Gasteiger partial charge on any atom is -0.481 e. The normalized spacial score (nSPS) is 10.3. The first-order valence-corrected chi connectivity index (χ1v) is 8.22. The number of esters is 1. The number of ether oxygens (including phenoxy) is 2. The Morgan fingerprint density at radius 1 is 1.00 bits per heavy atom. The van der Waals surface area contributed by atoms with Crippen molar-refractivity contribution in [3.63, 3.8) is 0 Å². The van der Waals surface area contributed by atoms with Crippen molar-refractivity contribution in [2.24, 2.45) is 0 Å². The number of carbonyl (C=O) groups excluding carboxylic acids is 2. The number of amides is 1. The van der Waals surface area contributed by atoms with Crippen LogP contribution in [-0.4, -0.2) is 25.1 Å². The highest BCUT2D eigenvalue weighted by Crippen LogP contribution is 2.24. The molecule has 0 unspecified atom stereocenters. The minimum atomic E-state index is -0.624. The molecule has 5 nitrogen and oxygen atoms in total. The molecule has 0 aromatic heterocycles. The van der Waals surface area contributed by atoms with Crippen LogP contribution in [-0.2, 0) is 20.9 Å². The lowest BCUT2D eigenvalue weighted by Gasteiger charge is -2.12. The standard InChI is InChI=1S/C20H22FNO4/c1-13-8-14(2)20(15(3)9-13)26-12-19(24)25-11-18(23)22-10-16-4-6-17(21)7-5-16/h4-9H,10-12H2,1-3H3,(H,22,23). The van der Waals surface area contributed by atoms with Crippen molar-refractivity contribution >= 4 is 11.9 Å². The van der Waals surface area contributed by atoms with Crippen molar-refractivity contribution in [2.75, 3.05) is 13.2 Å². The van der Waals surface area contributed by atoms with Gasteiger partial charge in [-0.1, -0.05) is 29.8 Å². The number of hydrogen-bond donors (Lipinski definition) is 1. The van der Waals surface area contributed by atoms with Crippen LogP contribution < -0.4 is 10.1 Å². The van der Waals surface area contributed by atoms with E-state index >= 15 is 0 Å². The number of nitrogens with one attached hydrogen (secondary N) is 1. The Balaban J connectivity index is 1.73. The summed E-state index contributed by atoms with van der Waals surface area (Å²) in [5.41, 5.74) is 3.74. The van der Waals surface area contributed by atoms with E-state index in [9.17, 15) is 14.0 Å². The molecule has 2 rings (SSSR count). The Morgan fingerprint density at radius 3 is 2.23 bits per heavy atom. The van der Waals surface area contributed by atoms with Gasteiger partial charge in [0.1, 0.15) is 11.6 Å². The van der Waals surface area contributed by atoms with Gasteiger partial charge in [-0.15, -0.1) is 0 Å². The molecular weight excluding hydrogens is 337 g/mol. The number of rotatable bonds is 7. The summed E-state index contributed by atoms with van der Waals surface area (Å²) in [7, 11) is 0. The summed E-state index contributed by atoms with van der Waals surface area (Å²) in [4.78, 5) is 23.5. The second-order valence-corrected chi connectivity index (χ2v) is 6.08. The van der Waals surface area contributed by atoms with E-state index in [1.54, 1.807) is 12.1 Å². The Kier molecular flexibility index (Phi) is 6.72. The molecule has 2 aromatic carbocycles. The van der Waals surface area contributed by atoms with Gasteiger partial charge in [-0.3, -0.25) is 4.79 Å². The van der Waals surface area contributed by atoms with Gasteiger partial charge in [-0.25, -0.2) is 9.18 Å². The van der Waals surface area contributed by atoms with Crippen LogP contribution in [0.4, 0.5) is 4.39 Å². The summed E-state index contributed by atoms with van der Waals surface area (Å²) in [6.45, 7) is 5.37. The second-order valence-electron chi connectivity index (χ2n) is 6.08. The third kappa shape index (κ3) is 5.88. The second kappa shape index (κ2) is 8.99. The third-order valence-corrected chi connectivity index (χ3v) is 3.71. The summed E-state index contributed by atoms with van der Waals surface area (Å²) < 4.78 is 23.2. The average molecular weight is 359 g/mol. The maximum Gasteiger partial charge on any atom is 0.344 e. The number of aryl methyl sites for hydroxylation is 3. The lowest BCUT2D eigenvalue weighted by Crippen LogP contribution is -2.29. The van der Waals surface area contributed by atoms with Crippen molar-refractivity contribution < 1.29 is 23.5 Å². The predicted octanol–water partition coefficient (Wildman–Crippen LogP) is 2.99. The summed E-state index contributed by atoms with van der Waals surface area (Å²) in [6, 6.07) is 9.71. The Morgan fingerprint density at radius 2 is 1.62 bits per heavy atom. The van der Waals surface area contributed by atoms with E-state index in [2.05, 4.69) is 5.32 Å². The number of benzene rings is 2. The maximum atomic E-state index is 12.8. The zero-order chi connectivity index (χ0) is 19.1. The highest BCUT2D eigenvalue weighted by Gasteiger charge is 2.11. The zero-order valence-corrected chi connectivity index (χ0v) is 15.1. The fraction of sp³-hybridized carbons (Fsp3) is 0.300. The molecule has 0 radical (unpaired) electrons. The molecule has 0 bridgehead atoms. The van der Waals surface area contributed by atoms with Gasteiger partial charge in [0.25, 0.3) is 5.91 Å². The molecule has 0 heterocycles. The molecule has 0 aliphatic carbocycles. The molecule has 0 spiro atoms.